The normalized spacial score (nSPS) is 11.3. The Bertz CT molecular complexity index is 1040. The Kier molecular flexibility index (Phi) is 5.02. The predicted octanol–water partition coefficient (Wildman–Crippen LogP) is 0.610. The number of nitrogens with one attached hydrogen (secondary N) is 1. The van der Waals surface area contributed by atoms with Gasteiger partial charge >= 0.3 is 11.4 Å². The van der Waals surface area contributed by atoms with E-state index in [4.69, 9.17) is 4.74 Å². The molecular formula is C13H12FN3O7S. The third kappa shape index (κ3) is 3.57. The second-order valence-electron chi connectivity index (χ2n) is 4.77. The summed E-state index contributed by atoms with van der Waals surface area (Å²) in [5.74, 6) is -1.65. The van der Waals surface area contributed by atoms with Crippen molar-refractivity contribution in [1.82, 2.24) is 8.96 Å². The fraction of sp³-hybridized carbons (Fsp3) is 0.231. The van der Waals surface area contributed by atoms with Crippen molar-refractivity contribution in [3.63, 3.8) is 0 Å². The molecule has 2 aromatic rings. The van der Waals surface area contributed by atoms with Gasteiger partial charge in [-0.25, -0.2) is 13.2 Å². The van der Waals surface area contributed by atoms with Crippen molar-refractivity contribution in [3.8, 4) is 5.75 Å². The molecule has 0 spiro atoms. The molecule has 25 heavy (non-hydrogen) atoms. The van der Waals surface area contributed by atoms with Crippen LogP contribution in [-0.4, -0.2) is 28.9 Å². The molecule has 0 unspecified atom stereocenters. The topological polar surface area (TPSA) is 141 Å². The van der Waals surface area contributed by atoms with Crippen LogP contribution in [0.25, 0.3) is 0 Å². The Morgan fingerprint density at radius 2 is 2.04 bits per heavy atom. The molecule has 0 saturated heterocycles. The summed E-state index contributed by atoms with van der Waals surface area (Å²) < 4.78 is 43.3. The molecule has 1 aromatic heterocycles. The molecule has 0 radical (unpaired) electrons. The van der Waals surface area contributed by atoms with Crippen LogP contribution < -0.4 is 16.0 Å². The first-order chi connectivity index (χ1) is 11.7. The Labute approximate surface area is 139 Å². The van der Waals surface area contributed by atoms with Crippen LogP contribution in [0.3, 0.4) is 0 Å². The maximum absolute atomic E-state index is 13.3. The molecule has 0 bridgehead atoms. The van der Waals surface area contributed by atoms with Gasteiger partial charge in [-0.05, 0) is 18.6 Å². The molecule has 0 aliphatic rings. The maximum Gasteiger partial charge on any atom is 0.342 e. The number of halogens is 1. The van der Waals surface area contributed by atoms with Crippen LogP contribution in [0.5, 0.6) is 5.75 Å². The zero-order valence-corrected chi connectivity index (χ0v) is 13.6. The zero-order chi connectivity index (χ0) is 18.8. The molecule has 134 valence electrons. The number of hydrogen-bond donors (Lipinski definition) is 1. The lowest BCUT2D eigenvalue weighted by atomic mass is 10.3. The van der Waals surface area contributed by atoms with Crippen molar-refractivity contribution in [2.24, 2.45) is 0 Å². The fourth-order valence-electron chi connectivity index (χ4n) is 1.86. The van der Waals surface area contributed by atoms with Crippen molar-refractivity contribution >= 4 is 15.7 Å². The van der Waals surface area contributed by atoms with Gasteiger partial charge in [-0.1, -0.05) is 6.92 Å². The number of nitrogens with zero attached hydrogens (tertiary/aromatic N) is 2. The summed E-state index contributed by atoms with van der Waals surface area (Å²) in [5.41, 5.74) is -3.42. The number of nitro benzene ring substituents is 1. The Morgan fingerprint density at radius 3 is 2.64 bits per heavy atom. The summed E-state index contributed by atoms with van der Waals surface area (Å²) in [6.07, 6.45) is 0.771. The Morgan fingerprint density at radius 1 is 1.36 bits per heavy atom. The van der Waals surface area contributed by atoms with E-state index in [1.807, 2.05) is 0 Å². The highest BCUT2D eigenvalue weighted by Crippen LogP contribution is 2.30. The standard InChI is InChI=1S/C13H12FN3O7S/c1-2-5-24-11-4-3-8(6-10(11)17(20)21)25(22,23)16-7-9(14)12(18)15-13(16)19/h3-4,6-7H,2,5H2,1H3,(H,15,18,19). The van der Waals surface area contributed by atoms with Gasteiger partial charge in [-0.2, -0.15) is 8.36 Å². The third-order valence-corrected chi connectivity index (χ3v) is 4.65. The summed E-state index contributed by atoms with van der Waals surface area (Å²) in [6, 6.07) is 2.73. The van der Waals surface area contributed by atoms with E-state index >= 15 is 0 Å². The minimum Gasteiger partial charge on any atom is -0.487 e. The lowest BCUT2D eigenvalue weighted by Crippen LogP contribution is -2.35. The largest absolute Gasteiger partial charge is 0.487 e. The summed E-state index contributed by atoms with van der Waals surface area (Å²) in [5, 5.41) is 11.1. The molecule has 0 atom stereocenters. The second kappa shape index (κ2) is 6.84. The highest BCUT2D eigenvalue weighted by molar-refractivity contribution is 7.90. The van der Waals surface area contributed by atoms with Crippen molar-refractivity contribution < 1.29 is 22.5 Å². The molecule has 2 rings (SSSR count). The van der Waals surface area contributed by atoms with E-state index in [1.54, 1.807) is 6.92 Å². The van der Waals surface area contributed by atoms with Gasteiger partial charge in [0.15, 0.2) is 5.75 Å². The van der Waals surface area contributed by atoms with Gasteiger partial charge in [0.2, 0.25) is 5.82 Å². The molecular weight excluding hydrogens is 361 g/mol. The highest BCUT2D eigenvalue weighted by atomic mass is 32.2. The molecule has 0 fully saturated rings. The maximum atomic E-state index is 13.3. The van der Waals surface area contributed by atoms with Gasteiger partial charge in [0, 0.05) is 6.07 Å². The predicted molar refractivity (Wildman–Crippen MR) is 82.7 cm³/mol. The number of benzene rings is 1. The van der Waals surface area contributed by atoms with Gasteiger partial charge in [-0.15, -0.1) is 0 Å². The smallest absolute Gasteiger partial charge is 0.342 e. The summed E-state index contributed by atoms with van der Waals surface area (Å²) >= 11 is 0. The van der Waals surface area contributed by atoms with E-state index in [9.17, 15) is 32.5 Å². The monoisotopic (exact) mass is 373 g/mol. The Balaban J connectivity index is 2.63. The van der Waals surface area contributed by atoms with Crippen molar-refractivity contribution in [1.29, 1.82) is 0 Å². The molecule has 1 N–H and O–H groups in total. The number of H-pyrrole nitrogens is 1. The van der Waals surface area contributed by atoms with Gasteiger partial charge in [0.25, 0.3) is 15.6 Å². The lowest BCUT2D eigenvalue weighted by Gasteiger charge is -2.09. The third-order valence-electron chi connectivity index (χ3n) is 3.01. The molecule has 0 saturated carbocycles. The number of aromatic nitrogens is 2. The van der Waals surface area contributed by atoms with E-state index in [0.29, 0.717) is 12.5 Å². The minimum absolute atomic E-state index is 0.0463. The SMILES string of the molecule is CCCOc1ccc(S(=O)(=O)n2cc(F)c(=O)[nH]c2=O)cc1[N+](=O)[O-]. The number of aromatic amines is 1. The van der Waals surface area contributed by atoms with Crippen LogP contribution >= 0.6 is 0 Å². The van der Waals surface area contributed by atoms with Crippen molar-refractivity contribution in [3.05, 3.63) is 61.2 Å². The van der Waals surface area contributed by atoms with Crippen LogP contribution in [0, 0.1) is 15.9 Å². The van der Waals surface area contributed by atoms with E-state index in [-0.39, 0.29) is 22.5 Å². The van der Waals surface area contributed by atoms with E-state index in [2.05, 4.69) is 0 Å². The number of ether oxygens (including phenoxy) is 1. The van der Waals surface area contributed by atoms with Gasteiger partial charge in [-0.3, -0.25) is 19.9 Å². The van der Waals surface area contributed by atoms with Crippen LogP contribution in [0.4, 0.5) is 10.1 Å². The second-order valence-corrected chi connectivity index (χ2v) is 6.59. The first kappa shape index (κ1) is 18.3. The summed E-state index contributed by atoms with van der Waals surface area (Å²) in [7, 11) is -4.67. The quantitative estimate of drug-likeness (QED) is 0.577. The number of rotatable bonds is 6. The van der Waals surface area contributed by atoms with E-state index in [0.717, 1.165) is 12.1 Å². The van der Waals surface area contributed by atoms with Crippen LogP contribution in [0.2, 0.25) is 0 Å². The fourth-order valence-corrected chi connectivity index (χ4v) is 3.08. The summed E-state index contributed by atoms with van der Waals surface area (Å²) in [6.45, 7) is 1.96. The highest BCUT2D eigenvalue weighted by Gasteiger charge is 2.25. The van der Waals surface area contributed by atoms with Crippen LogP contribution in [0.15, 0.2) is 38.9 Å². The minimum atomic E-state index is -4.67. The van der Waals surface area contributed by atoms with Gasteiger partial charge in [0.1, 0.15) is 0 Å². The van der Waals surface area contributed by atoms with E-state index < -0.39 is 42.6 Å². The first-order valence-electron chi connectivity index (χ1n) is 6.86. The van der Waals surface area contributed by atoms with Gasteiger partial charge < -0.3 is 4.74 Å². The van der Waals surface area contributed by atoms with E-state index in [1.165, 1.54) is 4.98 Å². The zero-order valence-electron chi connectivity index (χ0n) is 12.8. The molecule has 12 heteroatoms. The van der Waals surface area contributed by atoms with Crippen molar-refractivity contribution in [2.75, 3.05) is 6.61 Å². The summed E-state index contributed by atoms with van der Waals surface area (Å²) in [4.78, 5) is 33.8. The average Bonchev–Trinajstić information content (AvgIpc) is 2.55. The molecule has 1 heterocycles. The molecule has 0 amide bonds. The van der Waals surface area contributed by atoms with Gasteiger partial charge in [0.05, 0.1) is 22.6 Å². The molecule has 10 nitrogen and oxygen atoms in total. The molecule has 1 aromatic carbocycles. The first-order valence-corrected chi connectivity index (χ1v) is 8.30. The number of hydrogen-bond acceptors (Lipinski definition) is 7. The average molecular weight is 373 g/mol. The molecule has 0 aliphatic carbocycles. The molecule has 0 aliphatic heterocycles. The van der Waals surface area contributed by atoms with Crippen LogP contribution in [0.1, 0.15) is 13.3 Å². The lowest BCUT2D eigenvalue weighted by molar-refractivity contribution is -0.386. The van der Waals surface area contributed by atoms with Crippen LogP contribution in [-0.2, 0) is 10.0 Å². The van der Waals surface area contributed by atoms with Crippen molar-refractivity contribution in [2.45, 2.75) is 18.2 Å². The Hall–Kier alpha value is -3.02. The number of nitro groups is 1.